The Morgan fingerprint density at radius 1 is 1.14 bits per heavy atom. The van der Waals surface area contributed by atoms with Crippen LogP contribution < -0.4 is 11.3 Å². The zero-order valence-electron chi connectivity index (χ0n) is 9.04. The molecule has 1 heterocycles. The van der Waals surface area contributed by atoms with Crippen LogP contribution in [0.5, 0.6) is 0 Å². The van der Waals surface area contributed by atoms with Gasteiger partial charge in [-0.1, -0.05) is 6.92 Å². The Morgan fingerprint density at radius 3 is 2.29 bits per heavy atom. The summed E-state index contributed by atoms with van der Waals surface area (Å²) in [6, 6.07) is 0.506. The number of hydrazine groups is 1. The third-order valence-corrected chi connectivity index (χ3v) is 3.90. The van der Waals surface area contributed by atoms with E-state index in [0.29, 0.717) is 6.04 Å². The van der Waals surface area contributed by atoms with Crippen molar-refractivity contribution < 1.29 is 4.74 Å². The number of nitrogens with one attached hydrogen (secondary N) is 1. The lowest BCUT2D eigenvalue weighted by molar-refractivity contribution is 0.0439. The zero-order valence-corrected chi connectivity index (χ0v) is 9.04. The van der Waals surface area contributed by atoms with Gasteiger partial charge < -0.3 is 4.74 Å². The van der Waals surface area contributed by atoms with E-state index in [4.69, 9.17) is 10.6 Å². The first-order valence-corrected chi connectivity index (χ1v) is 5.87. The molecule has 0 bridgehead atoms. The average Bonchev–Trinajstić information content (AvgIpc) is 3.03. The summed E-state index contributed by atoms with van der Waals surface area (Å²) in [5.41, 5.74) is 3.04. The van der Waals surface area contributed by atoms with Gasteiger partial charge in [-0.05, 0) is 43.4 Å². The van der Waals surface area contributed by atoms with E-state index in [-0.39, 0.29) is 0 Å². The van der Waals surface area contributed by atoms with E-state index in [1.807, 2.05) is 0 Å². The molecule has 3 nitrogen and oxygen atoms in total. The predicted octanol–water partition coefficient (Wildman–Crippen LogP) is 1.29. The highest BCUT2D eigenvalue weighted by Gasteiger charge is 2.36. The highest BCUT2D eigenvalue weighted by molar-refractivity contribution is 4.89. The minimum Gasteiger partial charge on any atom is -0.381 e. The molecule has 1 aliphatic carbocycles. The quantitative estimate of drug-likeness (QED) is 0.528. The third kappa shape index (κ3) is 2.27. The van der Waals surface area contributed by atoms with Crippen LogP contribution in [0.15, 0.2) is 0 Å². The van der Waals surface area contributed by atoms with E-state index in [0.717, 1.165) is 31.0 Å². The monoisotopic (exact) mass is 198 g/mol. The van der Waals surface area contributed by atoms with Crippen molar-refractivity contribution in [3.63, 3.8) is 0 Å². The molecule has 2 fully saturated rings. The van der Waals surface area contributed by atoms with E-state index < -0.39 is 0 Å². The Hall–Kier alpha value is -0.120. The molecule has 2 unspecified atom stereocenters. The Labute approximate surface area is 86.4 Å². The van der Waals surface area contributed by atoms with Gasteiger partial charge in [-0.15, -0.1) is 0 Å². The second-order valence-electron chi connectivity index (χ2n) is 4.84. The highest BCUT2D eigenvalue weighted by Crippen LogP contribution is 2.40. The zero-order chi connectivity index (χ0) is 9.97. The first-order valence-electron chi connectivity index (χ1n) is 5.87. The fourth-order valence-electron chi connectivity index (χ4n) is 2.71. The molecule has 0 spiro atoms. The second kappa shape index (κ2) is 4.60. The molecular weight excluding hydrogens is 176 g/mol. The Bertz CT molecular complexity index is 176. The van der Waals surface area contributed by atoms with Gasteiger partial charge in [0.2, 0.25) is 0 Å². The van der Waals surface area contributed by atoms with E-state index in [9.17, 15) is 0 Å². The van der Waals surface area contributed by atoms with Crippen LogP contribution in [0.3, 0.4) is 0 Å². The van der Waals surface area contributed by atoms with Gasteiger partial charge in [0.05, 0.1) is 0 Å². The maximum absolute atomic E-state index is 5.68. The standard InChI is InChI=1S/C11H22N2O/c1-8(9-2-3-9)11(13-12)10-4-6-14-7-5-10/h8-11,13H,2-7,12H2,1H3. The van der Waals surface area contributed by atoms with Crippen molar-refractivity contribution >= 4 is 0 Å². The molecule has 0 aromatic rings. The molecule has 2 rings (SSSR count). The van der Waals surface area contributed by atoms with E-state index >= 15 is 0 Å². The summed E-state index contributed by atoms with van der Waals surface area (Å²) in [7, 11) is 0. The van der Waals surface area contributed by atoms with Crippen molar-refractivity contribution in [3.05, 3.63) is 0 Å². The second-order valence-corrected chi connectivity index (χ2v) is 4.84. The molecule has 1 saturated heterocycles. The molecule has 3 N–H and O–H groups in total. The minimum atomic E-state index is 0.506. The third-order valence-electron chi connectivity index (χ3n) is 3.90. The van der Waals surface area contributed by atoms with Crippen LogP contribution in [0.25, 0.3) is 0 Å². The molecule has 0 aromatic heterocycles. The fraction of sp³-hybridized carbons (Fsp3) is 1.00. The lowest BCUT2D eigenvalue weighted by atomic mass is 9.82. The molecule has 1 aliphatic heterocycles. The summed E-state index contributed by atoms with van der Waals surface area (Å²) < 4.78 is 5.38. The molecular formula is C11H22N2O. The van der Waals surface area contributed by atoms with Crippen molar-refractivity contribution in [2.45, 2.75) is 38.6 Å². The first kappa shape index (κ1) is 10.4. The van der Waals surface area contributed by atoms with Crippen LogP contribution in [0.4, 0.5) is 0 Å². The Balaban J connectivity index is 1.89. The van der Waals surface area contributed by atoms with Crippen LogP contribution in [0.2, 0.25) is 0 Å². The summed E-state index contributed by atoms with van der Waals surface area (Å²) in [5.74, 6) is 8.07. The largest absolute Gasteiger partial charge is 0.381 e. The summed E-state index contributed by atoms with van der Waals surface area (Å²) in [5, 5.41) is 0. The van der Waals surface area contributed by atoms with Gasteiger partial charge in [-0.2, -0.15) is 0 Å². The lowest BCUT2D eigenvalue weighted by Gasteiger charge is -2.33. The molecule has 3 heteroatoms. The molecule has 0 amide bonds. The van der Waals surface area contributed by atoms with Gasteiger partial charge in [0.25, 0.3) is 0 Å². The van der Waals surface area contributed by atoms with Crippen molar-refractivity contribution in [2.24, 2.45) is 23.6 Å². The predicted molar refractivity (Wildman–Crippen MR) is 56.5 cm³/mol. The van der Waals surface area contributed by atoms with Gasteiger partial charge in [0.1, 0.15) is 0 Å². The summed E-state index contributed by atoms with van der Waals surface area (Å²) >= 11 is 0. The van der Waals surface area contributed by atoms with Crippen LogP contribution in [0, 0.1) is 17.8 Å². The summed E-state index contributed by atoms with van der Waals surface area (Å²) in [6.45, 7) is 4.18. The van der Waals surface area contributed by atoms with Crippen molar-refractivity contribution in [3.8, 4) is 0 Å². The smallest absolute Gasteiger partial charge is 0.0469 e. The number of rotatable bonds is 4. The molecule has 0 aromatic carbocycles. The van der Waals surface area contributed by atoms with Crippen molar-refractivity contribution in [1.29, 1.82) is 0 Å². The van der Waals surface area contributed by atoms with Crippen LogP contribution in [-0.2, 0) is 4.74 Å². The molecule has 1 saturated carbocycles. The lowest BCUT2D eigenvalue weighted by Crippen LogP contribution is -2.47. The first-order chi connectivity index (χ1) is 6.83. The van der Waals surface area contributed by atoms with Gasteiger partial charge >= 0.3 is 0 Å². The molecule has 0 radical (unpaired) electrons. The maximum Gasteiger partial charge on any atom is 0.0469 e. The fourth-order valence-corrected chi connectivity index (χ4v) is 2.71. The molecule has 14 heavy (non-hydrogen) atoms. The normalized spacial score (nSPS) is 28.7. The Morgan fingerprint density at radius 2 is 1.79 bits per heavy atom. The molecule has 82 valence electrons. The van der Waals surface area contributed by atoms with E-state index in [1.165, 1.54) is 25.7 Å². The van der Waals surface area contributed by atoms with Gasteiger partial charge in [0, 0.05) is 19.3 Å². The minimum absolute atomic E-state index is 0.506. The van der Waals surface area contributed by atoms with E-state index in [2.05, 4.69) is 12.3 Å². The Kier molecular flexibility index (Phi) is 3.42. The van der Waals surface area contributed by atoms with Gasteiger partial charge in [-0.3, -0.25) is 11.3 Å². The number of nitrogens with two attached hydrogens (primary N) is 1. The topological polar surface area (TPSA) is 47.3 Å². The average molecular weight is 198 g/mol. The van der Waals surface area contributed by atoms with Crippen LogP contribution in [0.1, 0.15) is 32.6 Å². The SMILES string of the molecule is CC(C1CC1)C(NN)C1CCOCC1. The van der Waals surface area contributed by atoms with Crippen LogP contribution in [-0.4, -0.2) is 19.3 Å². The van der Waals surface area contributed by atoms with Gasteiger partial charge in [0.15, 0.2) is 0 Å². The summed E-state index contributed by atoms with van der Waals surface area (Å²) in [6.07, 6.45) is 5.16. The van der Waals surface area contributed by atoms with E-state index in [1.54, 1.807) is 0 Å². The number of hydrogen-bond donors (Lipinski definition) is 2. The van der Waals surface area contributed by atoms with Crippen LogP contribution >= 0.6 is 0 Å². The highest BCUT2D eigenvalue weighted by atomic mass is 16.5. The maximum atomic E-state index is 5.68. The molecule has 2 atom stereocenters. The summed E-state index contributed by atoms with van der Waals surface area (Å²) in [4.78, 5) is 0. The number of hydrogen-bond acceptors (Lipinski definition) is 3. The number of ether oxygens (including phenoxy) is 1. The van der Waals surface area contributed by atoms with Gasteiger partial charge in [-0.25, -0.2) is 0 Å². The van der Waals surface area contributed by atoms with Crippen molar-refractivity contribution in [2.75, 3.05) is 13.2 Å². The molecule has 2 aliphatic rings. The van der Waals surface area contributed by atoms with Crippen molar-refractivity contribution in [1.82, 2.24) is 5.43 Å².